The van der Waals surface area contributed by atoms with Crippen LogP contribution in [0.2, 0.25) is 0 Å². The SMILES string of the molecule is Cc1nc(Oc2cnn(C)c2)c2c3c(sc2n1)CCCC3. The van der Waals surface area contributed by atoms with E-state index in [4.69, 9.17) is 4.74 Å². The van der Waals surface area contributed by atoms with Gasteiger partial charge in [-0.1, -0.05) is 0 Å². The van der Waals surface area contributed by atoms with Crippen molar-refractivity contribution in [2.24, 2.45) is 7.05 Å². The first kappa shape index (κ1) is 12.8. The highest BCUT2D eigenvalue weighted by Gasteiger charge is 2.21. The van der Waals surface area contributed by atoms with E-state index in [-0.39, 0.29) is 0 Å². The number of hydrogen-bond acceptors (Lipinski definition) is 5. The molecule has 0 aromatic carbocycles. The molecule has 3 aromatic heterocycles. The van der Waals surface area contributed by atoms with Gasteiger partial charge < -0.3 is 4.74 Å². The van der Waals surface area contributed by atoms with Crippen molar-refractivity contribution < 1.29 is 4.74 Å². The Morgan fingerprint density at radius 2 is 2.10 bits per heavy atom. The molecule has 1 aliphatic rings. The minimum atomic E-state index is 0.671. The molecule has 1 aliphatic carbocycles. The van der Waals surface area contributed by atoms with Gasteiger partial charge in [-0.05, 0) is 38.2 Å². The number of aryl methyl sites for hydroxylation is 4. The van der Waals surface area contributed by atoms with Gasteiger partial charge in [0, 0.05) is 11.9 Å². The van der Waals surface area contributed by atoms with Crippen molar-refractivity contribution in [1.29, 1.82) is 0 Å². The van der Waals surface area contributed by atoms with E-state index in [1.807, 2.05) is 20.2 Å². The van der Waals surface area contributed by atoms with Crippen LogP contribution in [-0.2, 0) is 19.9 Å². The number of hydrogen-bond donors (Lipinski definition) is 0. The molecular formula is C15H16N4OS. The predicted octanol–water partition coefficient (Wildman–Crippen LogP) is 3.40. The van der Waals surface area contributed by atoms with Gasteiger partial charge in [-0.2, -0.15) is 10.1 Å². The number of fused-ring (bicyclic) bond motifs is 3. The molecule has 5 nitrogen and oxygen atoms in total. The Morgan fingerprint density at radius 3 is 2.90 bits per heavy atom. The summed E-state index contributed by atoms with van der Waals surface area (Å²) in [7, 11) is 1.88. The van der Waals surface area contributed by atoms with Crippen molar-refractivity contribution in [2.75, 3.05) is 0 Å². The number of rotatable bonds is 2. The average molecular weight is 300 g/mol. The Labute approximate surface area is 126 Å². The second-order valence-electron chi connectivity index (χ2n) is 5.42. The summed E-state index contributed by atoms with van der Waals surface area (Å²) in [5.41, 5.74) is 1.39. The Kier molecular flexibility index (Phi) is 2.92. The van der Waals surface area contributed by atoms with Crippen LogP contribution in [0, 0.1) is 6.92 Å². The van der Waals surface area contributed by atoms with Gasteiger partial charge in [-0.25, -0.2) is 4.98 Å². The minimum absolute atomic E-state index is 0.671. The zero-order valence-corrected chi connectivity index (χ0v) is 12.9. The smallest absolute Gasteiger partial charge is 0.231 e. The molecule has 108 valence electrons. The quantitative estimate of drug-likeness (QED) is 0.728. The zero-order chi connectivity index (χ0) is 14.4. The Morgan fingerprint density at radius 1 is 1.24 bits per heavy atom. The molecule has 21 heavy (non-hydrogen) atoms. The van der Waals surface area contributed by atoms with E-state index < -0.39 is 0 Å². The lowest BCUT2D eigenvalue weighted by Gasteiger charge is -2.11. The molecule has 0 atom stereocenters. The van der Waals surface area contributed by atoms with Crippen molar-refractivity contribution in [3.8, 4) is 11.6 Å². The first-order valence-electron chi connectivity index (χ1n) is 7.16. The molecule has 0 amide bonds. The average Bonchev–Trinajstić information content (AvgIpc) is 3.01. The monoisotopic (exact) mass is 300 g/mol. The summed E-state index contributed by atoms with van der Waals surface area (Å²) < 4.78 is 7.72. The maximum atomic E-state index is 5.99. The minimum Gasteiger partial charge on any atom is -0.435 e. The van der Waals surface area contributed by atoms with Crippen LogP contribution >= 0.6 is 11.3 Å². The molecule has 0 N–H and O–H groups in total. The molecule has 0 saturated heterocycles. The summed E-state index contributed by atoms with van der Waals surface area (Å²) in [6.07, 6.45) is 8.32. The van der Waals surface area contributed by atoms with Gasteiger partial charge in [0.15, 0.2) is 5.75 Å². The second kappa shape index (κ2) is 4.80. The van der Waals surface area contributed by atoms with Crippen LogP contribution in [0.5, 0.6) is 11.6 Å². The Balaban J connectivity index is 1.88. The van der Waals surface area contributed by atoms with E-state index in [1.54, 1.807) is 22.2 Å². The summed E-state index contributed by atoms with van der Waals surface area (Å²) in [6.45, 7) is 1.91. The van der Waals surface area contributed by atoms with Crippen molar-refractivity contribution >= 4 is 21.6 Å². The fourth-order valence-electron chi connectivity index (χ4n) is 2.86. The van der Waals surface area contributed by atoms with Crippen molar-refractivity contribution in [3.05, 3.63) is 28.7 Å². The van der Waals surface area contributed by atoms with E-state index in [0.717, 1.165) is 28.9 Å². The number of thiophene rings is 1. The summed E-state index contributed by atoms with van der Waals surface area (Å²) in [4.78, 5) is 11.6. The highest BCUT2D eigenvalue weighted by atomic mass is 32.1. The third-order valence-electron chi connectivity index (χ3n) is 3.79. The molecule has 0 aliphatic heterocycles. The number of nitrogens with zero attached hydrogens (tertiary/aromatic N) is 4. The van der Waals surface area contributed by atoms with Crippen LogP contribution in [0.25, 0.3) is 10.2 Å². The van der Waals surface area contributed by atoms with Crippen LogP contribution in [-0.4, -0.2) is 19.7 Å². The summed E-state index contributed by atoms with van der Waals surface area (Å²) in [5.74, 6) is 2.14. The molecule has 3 aromatic rings. The highest BCUT2D eigenvalue weighted by Crippen LogP contribution is 2.40. The van der Waals surface area contributed by atoms with E-state index in [2.05, 4.69) is 15.1 Å². The molecule has 6 heteroatoms. The molecule has 3 heterocycles. The molecule has 0 fully saturated rings. The lowest BCUT2D eigenvalue weighted by Crippen LogP contribution is -2.00. The second-order valence-corrected chi connectivity index (χ2v) is 6.50. The lowest BCUT2D eigenvalue weighted by atomic mass is 9.97. The van der Waals surface area contributed by atoms with Gasteiger partial charge in [-0.15, -0.1) is 11.3 Å². The zero-order valence-electron chi connectivity index (χ0n) is 12.1. The van der Waals surface area contributed by atoms with Gasteiger partial charge in [0.1, 0.15) is 10.7 Å². The molecule has 0 unspecified atom stereocenters. The van der Waals surface area contributed by atoms with Crippen LogP contribution in [0.3, 0.4) is 0 Å². The van der Waals surface area contributed by atoms with E-state index in [1.165, 1.54) is 23.3 Å². The fourth-order valence-corrected chi connectivity index (χ4v) is 4.16. The summed E-state index contributed by atoms with van der Waals surface area (Å²) in [6, 6.07) is 0. The van der Waals surface area contributed by atoms with Crippen molar-refractivity contribution in [3.63, 3.8) is 0 Å². The lowest BCUT2D eigenvalue weighted by molar-refractivity contribution is 0.465. The van der Waals surface area contributed by atoms with Gasteiger partial charge in [0.2, 0.25) is 5.88 Å². The Hall–Kier alpha value is -1.95. The summed E-state index contributed by atoms with van der Waals surface area (Å²) in [5, 5.41) is 5.24. The molecule has 0 saturated carbocycles. The van der Waals surface area contributed by atoms with Crippen molar-refractivity contribution in [2.45, 2.75) is 32.6 Å². The third-order valence-corrected chi connectivity index (χ3v) is 4.97. The number of aromatic nitrogens is 4. The van der Waals surface area contributed by atoms with E-state index >= 15 is 0 Å². The summed E-state index contributed by atoms with van der Waals surface area (Å²) >= 11 is 1.79. The van der Waals surface area contributed by atoms with Gasteiger partial charge >= 0.3 is 0 Å². The molecule has 4 rings (SSSR count). The molecular weight excluding hydrogens is 284 g/mol. The molecule has 0 spiro atoms. The predicted molar refractivity (Wildman–Crippen MR) is 82.1 cm³/mol. The van der Waals surface area contributed by atoms with Gasteiger partial charge in [0.25, 0.3) is 0 Å². The Bertz CT molecular complexity index is 821. The maximum Gasteiger partial charge on any atom is 0.231 e. The van der Waals surface area contributed by atoms with Crippen LogP contribution in [0.1, 0.15) is 29.1 Å². The fraction of sp³-hybridized carbons (Fsp3) is 0.400. The van der Waals surface area contributed by atoms with Crippen LogP contribution in [0.4, 0.5) is 0 Å². The number of ether oxygens (including phenoxy) is 1. The molecule has 0 radical (unpaired) electrons. The standard InChI is InChI=1S/C15H16N4OS/c1-9-17-14(20-10-7-16-19(2)8-10)13-11-5-3-4-6-12(11)21-15(13)18-9/h7-8H,3-6H2,1-2H3. The first-order chi connectivity index (χ1) is 10.2. The van der Waals surface area contributed by atoms with E-state index in [0.29, 0.717) is 11.6 Å². The van der Waals surface area contributed by atoms with Gasteiger partial charge in [-0.3, -0.25) is 4.68 Å². The highest BCUT2D eigenvalue weighted by molar-refractivity contribution is 7.18. The van der Waals surface area contributed by atoms with Gasteiger partial charge in [0.05, 0.1) is 17.8 Å². The molecule has 0 bridgehead atoms. The van der Waals surface area contributed by atoms with E-state index in [9.17, 15) is 0 Å². The topological polar surface area (TPSA) is 52.8 Å². The third kappa shape index (κ3) is 2.19. The maximum absolute atomic E-state index is 5.99. The van der Waals surface area contributed by atoms with Crippen molar-refractivity contribution in [1.82, 2.24) is 19.7 Å². The first-order valence-corrected chi connectivity index (χ1v) is 7.98. The van der Waals surface area contributed by atoms with Crippen LogP contribution < -0.4 is 4.74 Å². The normalized spacial score (nSPS) is 14.4. The van der Waals surface area contributed by atoms with Crippen LogP contribution in [0.15, 0.2) is 12.4 Å². The largest absolute Gasteiger partial charge is 0.435 e.